The smallest absolute Gasteiger partial charge is 0.228 e. The zero-order chi connectivity index (χ0) is 16.9. The van der Waals surface area contributed by atoms with Gasteiger partial charge in [0.1, 0.15) is 11.5 Å². The van der Waals surface area contributed by atoms with Gasteiger partial charge in [-0.3, -0.25) is 9.59 Å². The number of piperidine rings is 1. The molecule has 0 bridgehead atoms. The highest BCUT2D eigenvalue weighted by Gasteiger charge is 2.27. The molecule has 7 nitrogen and oxygen atoms in total. The Bertz CT molecular complexity index is 685. The first kappa shape index (κ1) is 16.3. The number of rotatable bonds is 5. The quantitative estimate of drug-likeness (QED) is 0.909. The van der Waals surface area contributed by atoms with E-state index in [2.05, 4.69) is 10.5 Å². The normalized spacial score (nSPS) is 15.5. The second-order valence-corrected chi connectivity index (χ2v) is 6.05. The Hall–Kier alpha value is -2.57. The molecular weight excluding hydrogens is 310 g/mol. The monoisotopic (exact) mass is 331 g/mol. The van der Waals surface area contributed by atoms with Gasteiger partial charge in [-0.2, -0.15) is 0 Å². The topological polar surface area (TPSA) is 88.6 Å². The summed E-state index contributed by atoms with van der Waals surface area (Å²) in [6.45, 7) is 2.98. The molecule has 0 radical (unpaired) electrons. The lowest BCUT2D eigenvalue weighted by atomic mass is 9.95. The molecule has 2 aromatic heterocycles. The highest BCUT2D eigenvalue weighted by molar-refractivity contribution is 5.91. The Kier molecular flexibility index (Phi) is 4.98. The van der Waals surface area contributed by atoms with E-state index in [1.165, 1.54) is 0 Å². The third-order valence-electron chi connectivity index (χ3n) is 4.26. The highest BCUT2D eigenvalue weighted by atomic mass is 16.5. The van der Waals surface area contributed by atoms with Crippen LogP contribution >= 0.6 is 0 Å². The molecule has 0 aromatic carbocycles. The van der Waals surface area contributed by atoms with Crippen LogP contribution in [-0.4, -0.2) is 35.0 Å². The number of carbonyl (C=O) groups excluding carboxylic acids is 2. The molecule has 0 spiro atoms. The van der Waals surface area contributed by atoms with Gasteiger partial charge >= 0.3 is 0 Å². The number of likely N-dealkylation sites (tertiary alicyclic amines) is 1. The van der Waals surface area contributed by atoms with E-state index in [4.69, 9.17) is 8.94 Å². The summed E-state index contributed by atoms with van der Waals surface area (Å²) in [5.74, 6) is 1.86. The molecule has 0 saturated carbocycles. The van der Waals surface area contributed by atoms with E-state index in [0.717, 1.165) is 5.76 Å². The Morgan fingerprint density at radius 1 is 1.38 bits per heavy atom. The molecule has 0 atom stereocenters. The van der Waals surface area contributed by atoms with E-state index in [1.54, 1.807) is 19.3 Å². The molecule has 7 heteroatoms. The van der Waals surface area contributed by atoms with Gasteiger partial charge in [0.2, 0.25) is 11.8 Å². The van der Waals surface area contributed by atoms with Crippen molar-refractivity contribution < 1.29 is 18.5 Å². The predicted octanol–water partition coefficient (Wildman–Crippen LogP) is 2.39. The van der Waals surface area contributed by atoms with Gasteiger partial charge in [0.15, 0.2) is 5.82 Å². The van der Waals surface area contributed by atoms with Crippen molar-refractivity contribution in [3.05, 3.63) is 36.0 Å². The van der Waals surface area contributed by atoms with Crippen LogP contribution in [0.4, 0.5) is 5.82 Å². The summed E-state index contributed by atoms with van der Waals surface area (Å²) in [5, 5.41) is 6.52. The molecule has 3 heterocycles. The van der Waals surface area contributed by atoms with Crippen LogP contribution in [0.3, 0.4) is 0 Å². The number of anilines is 1. The van der Waals surface area contributed by atoms with Crippen molar-refractivity contribution in [3.63, 3.8) is 0 Å². The molecule has 2 amide bonds. The number of nitrogens with zero attached hydrogens (tertiary/aromatic N) is 2. The van der Waals surface area contributed by atoms with Gasteiger partial charge in [-0.05, 0) is 31.9 Å². The molecule has 1 fully saturated rings. The third kappa shape index (κ3) is 4.04. The second-order valence-electron chi connectivity index (χ2n) is 6.05. The Balaban J connectivity index is 1.43. The largest absolute Gasteiger partial charge is 0.469 e. The van der Waals surface area contributed by atoms with Crippen LogP contribution in [0.15, 0.2) is 33.4 Å². The number of hydrogen-bond donors (Lipinski definition) is 1. The summed E-state index contributed by atoms with van der Waals surface area (Å²) in [6, 6.07) is 5.38. The van der Waals surface area contributed by atoms with E-state index >= 15 is 0 Å². The van der Waals surface area contributed by atoms with E-state index in [0.29, 0.717) is 50.4 Å². The van der Waals surface area contributed by atoms with Crippen molar-refractivity contribution in [2.45, 2.75) is 32.6 Å². The minimum Gasteiger partial charge on any atom is -0.469 e. The maximum atomic E-state index is 12.2. The number of nitrogens with one attached hydrogen (secondary N) is 1. The first-order chi connectivity index (χ1) is 11.6. The lowest BCUT2D eigenvalue weighted by Gasteiger charge is -2.31. The van der Waals surface area contributed by atoms with Crippen molar-refractivity contribution in [1.82, 2.24) is 10.1 Å². The Morgan fingerprint density at radius 3 is 2.79 bits per heavy atom. The van der Waals surface area contributed by atoms with Gasteiger partial charge < -0.3 is 19.2 Å². The highest BCUT2D eigenvalue weighted by Crippen LogP contribution is 2.20. The molecule has 3 rings (SSSR count). The van der Waals surface area contributed by atoms with Gasteiger partial charge in [0.25, 0.3) is 0 Å². The maximum Gasteiger partial charge on any atom is 0.228 e. The van der Waals surface area contributed by atoms with E-state index in [-0.39, 0.29) is 17.7 Å². The minimum atomic E-state index is -0.101. The molecule has 128 valence electrons. The molecule has 0 unspecified atom stereocenters. The van der Waals surface area contributed by atoms with Crippen molar-refractivity contribution in [2.75, 3.05) is 18.4 Å². The summed E-state index contributed by atoms with van der Waals surface area (Å²) in [6.07, 6.45) is 3.98. The lowest BCUT2D eigenvalue weighted by molar-refractivity contribution is -0.134. The van der Waals surface area contributed by atoms with Gasteiger partial charge in [-0.1, -0.05) is 5.16 Å². The number of aryl methyl sites for hydroxylation is 2. The van der Waals surface area contributed by atoms with Crippen molar-refractivity contribution in [3.8, 4) is 0 Å². The van der Waals surface area contributed by atoms with E-state index < -0.39 is 0 Å². The summed E-state index contributed by atoms with van der Waals surface area (Å²) in [5.41, 5.74) is 0. The Labute approximate surface area is 140 Å². The molecule has 24 heavy (non-hydrogen) atoms. The summed E-state index contributed by atoms with van der Waals surface area (Å²) in [4.78, 5) is 26.3. The average Bonchev–Trinajstić information content (AvgIpc) is 3.24. The van der Waals surface area contributed by atoms with Crippen LogP contribution in [0, 0.1) is 12.8 Å². The van der Waals surface area contributed by atoms with Crippen molar-refractivity contribution >= 4 is 17.6 Å². The average molecular weight is 331 g/mol. The van der Waals surface area contributed by atoms with E-state index in [9.17, 15) is 9.59 Å². The molecule has 1 aliphatic heterocycles. The fourth-order valence-electron chi connectivity index (χ4n) is 2.89. The number of amides is 2. The molecule has 1 aliphatic rings. The second kappa shape index (κ2) is 7.33. The fourth-order valence-corrected chi connectivity index (χ4v) is 2.89. The first-order valence-electron chi connectivity index (χ1n) is 8.16. The van der Waals surface area contributed by atoms with Crippen LogP contribution < -0.4 is 5.32 Å². The molecule has 1 saturated heterocycles. The summed E-state index contributed by atoms with van der Waals surface area (Å²) < 4.78 is 10.2. The Morgan fingerprint density at radius 2 is 2.17 bits per heavy atom. The van der Waals surface area contributed by atoms with Gasteiger partial charge in [-0.25, -0.2) is 0 Å². The third-order valence-corrected chi connectivity index (χ3v) is 4.26. The number of aromatic nitrogens is 1. The van der Waals surface area contributed by atoms with Crippen LogP contribution in [-0.2, 0) is 16.0 Å². The minimum absolute atomic E-state index is 0.0639. The van der Waals surface area contributed by atoms with Crippen LogP contribution in [0.2, 0.25) is 0 Å². The number of carbonyl (C=O) groups is 2. The van der Waals surface area contributed by atoms with Gasteiger partial charge in [-0.15, -0.1) is 0 Å². The van der Waals surface area contributed by atoms with Crippen LogP contribution in [0.5, 0.6) is 0 Å². The number of hydrogen-bond acceptors (Lipinski definition) is 5. The first-order valence-corrected chi connectivity index (χ1v) is 8.16. The lowest BCUT2D eigenvalue weighted by Crippen LogP contribution is -2.41. The zero-order valence-electron chi connectivity index (χ0n) is 13.7. The van der Waals surface area contributed by atoms with Crippen molar-refractivity contribution in [1.29, 1.82) is 0 Å². The summed E-state index contributed by atoms with van der Waals surface area (Å²) in [7, 11) is 0. The standard InChI is InChI=1S/C17H21N3O4/c1-12-11-15(19-24-12)18-17(22)13-6-8-20(9-7-13)16(21)5-4-14-3-2-10-23-14/h2-3,10-11,13H,4-9H2,1H3,(H,18,19,22). The predicted molar refractivity (Wildman–Crippen MR) is 86.2 cm³/mol. The van der Waals surface area contributed by atoms with E-state index in [1.807, 2.05) is 17.0 Å². The molecular formula is C17H21N3O4. The van der Waals surface area contributed by atoms with Gasteiger partial charge in [0.05, 0.1) is 6.26 Å². The fraction of sp³-hybridized carbons (Fsp3) is 0.471. The maximum absolute atomic E-state index is 12.2. The molecule has 2 aromatic rings. The SMILES string of the molecule is Cc1cc(NC(=O)C2CCN(C(=O)CCc3ccco3)CC2)no1. The number of furan rings is 1. The van der Waals surface area contributed by atoms with Crippen LogP contribution in [0.1, 0.15) is 30.8 Å². The van der Waals surface area contributed by atoms with Crippen LogP contribution in [0.25, 0.3) is 0 Å². The summed E-state index contributed by atoms with van der Waals surface area (Å²) >= 11 is 0. The molecule has 1 N–H and O–H groups in total. The van der Waals surface area contributed by atoms with Gasteiger partial charge in [0, 0.05) is 37.9 Å². The van der Waals surface area contributed by atoms with Crippen molar-refractivity contribution in [2.24, 2.45) is 5.92 Å². The zero-order valence-corrected chi connectivity index (χ0v) is 13.7. The molecule has 0 aliphatic carbocycles.